The van der Waals surface area contributed by atoms with Gasteiger partial charge in [-0.3, -0.25) is 4.79 Å². The van der Waals surface area contributed by atoms with E-state index in [2.05, 4.69) is 95.4 Å². The lowest BCUT2D eigenvalue weighted by Crippen LogP contribution is -2.43. The summed E-state index contributed by atoms with van der Waals surface area (Å²) in [5, 5.41) is 3.27. The predicted octanol–water partition coefficient (Wildman–Crippen LogP) is 5.75. The number of carbonyl (C=O) groups excluding carboxylic acids is 1. The predicted molar refractivity (Wildman–Crippen MR) is 147 cm³/mol. The summed E-state index contributed by atoms with van der Waals surface area (Å²) in [7, 11) is 0. The van der Waals surface area contributed by atoms with Gasteiger partial charge in [-0.1, -0.05) is 66.7 Å². The quantitative estimate of drug-likeness (QED) is 0.350. The second-order valence-electron chi connectivity index (χ2n) is 10.1. The molecule has 1 unspecified atom stereocenters. The maximum absolute atomic E-state index is 13.0. The number of para-hydroxylation sites is 2. The molecule has 1 amide bonds. The van der Waals surface area contributed by atoms with Crippen LogP contribution in [0.5, 0.6) is 0 Å². The van der Waals surface area contributed by atoms with Crippen LogP contribution in [0.25, 0.3) is 11.0 Å². The SMILES string of the molecule is Cc1ccccc1Cn1c(N2CCC(C(=O)NC(C)CCc3ccccc3)CC2)nc2ccccc21. The van der Waals surface area contributed by atoms with Gasteiger partial charge in [0.15, 0.2) is 0 Å². The molecule has 3 aromatic carbocycles. The number of hydrogen-bond donors (Lipinski definition) is 1. The molecule has 186 valence electrons. The van der Waals surface area contributed by atoms with E-state index in [1.54, 1.807) is 0 Å². The second kappa shape index (κ2) is 11.0. The first kappa shape index (κ1) is 24.1. The third kappa shape index (κ3) is 5.46. The van der Waals surface area contributed by atoms with Gasteiger partial charge in [0.2, 0.25) is 11.9 Å². The van der Waals surface area contributed by atoms with Crippen molar-refractivity contribution in [3.8, 4) is 0 Å². The minimum Gasteiger partial charge on any atom is -0.353 e. The molecule has 0 spiro atoms. The number of carbonyl (C=O) groups is 1. The van der Waals surface area contributed by atoms with Gasteiger partial charge in [0.05, 0.1) is 17.6 Å². The molecule has 4 aromatic rings. The Morgan fingerprint density at radius 3 is 2.44 bits per heavy atom. The fraction of sp³-hybridized carbons (Fsp3) is 0.355. The number of imidazole rings is 1. The van der Waals surface area contributed by atoms with E-state index in [1.807, 2.05) is 12.1 Å². The van der Waals surface area contributed by atoms with Crippen molar-refractivity contribution in [2.24, 2.45) is 5.92 Å². The van der Waals surface area contributed by atoms with Crippen LogP contribution in [0.3, 0.4) is 0 Å². The van der Waals surface area contributed by atoms with E-state index in [0.29, 0.717) is 0 Å². The molecule has 1 aromatic heterocycles. The van der Waals surface area contributed by atoms with E-state index in [0.717, 1.165) is 62.3 Å². The molecule has 1 aliphatic heterocycles. The Balaban J connectivity index is 1.23. The highest BCUT2D eigenvalue weighted by Crippen LogP contribution is 2.28. The Morgan fingerprint density at radius 1 is 0.972 bits per heavy atom. The number of nitrogens with one attached hydrogen (secondary N) is 1. The number of rotatable bonds is 8. The molecule has 0 saturated carbocycles. The number of anilines is 1. The topological polar surface area (TPSA) is 50.2 Å². The normalized spacial score (nSPS) is 15.2. The number of aromatic nitrogens is 2. The average molecular weight is 481 g/mol. The molecular weight excluding hydrogens is 444 g/mol. The molecule has 5 nitrogen and oxygen atoms in total. The van der Waals surface area contributed by atoms with Gasteiger partial charge in [0.25, 0.3) is 0 Å². The zero-order valence-electron chi connectivity index (χ0n) is 21.4. The van der Waals surface area contributed by atoms with Crippen molar-refractivity contribution in [3.63, 3.8) is 0 Å². The highest BCUT2D eigenvalue weighted by molar-refractivity contribution is 5.80. The Hall–Kier alpha value is -3.60. The van der Waals surface area contributed by atoms with Crippen LogP contribution in [0.4, 0.5) is 5.95 Å². The van der Waals surface area contributed by atoms with Crippen LogP contribution in [-0.4, -0.2) is 34.6 Å². The molecule has 1 saturated heterocycles. The standard InChI is InChI=1S/C31H36N4O/c1-23-10-6-7-13-27(23)22-35-29-15-9-8-14-28(29)33-31(35)34-20-18-26(19-21-34)30(36)32-24(2)16-17-25-11-4-3-5-12-25/h3-15,24,26H,16-22H2,1-2H3,(H,32,36). The monoisotopic (exact) mass is 480 g/mol. The first-order valence-corrected chi connectivity index (χ1v) is 13.2. The van der Waals surface area contributed by atoms with Gasteiger partial charge in [-0.2, -0.15) is 0 Å². The highest BCUT2D eigenvalue weighted by atomic mass is 16.1. The van der Waals surface area contributed by atoms with Crippen LogP contribution < -0.4 is 10.2 Å². The number of aryl methyl sites for hydroxylation is 2. The first-order chi connectivity index (χ1) is 17.6. The van der Waals surface area contributed by atoms with Gasteiger partial charge in [0.1, 0.15) is 0 Å². The Bertz CT molecular complexity index is 1300. The lowest BCUT2D eigenvalue weighted by Gasteiger charge is -2.33. The molecule has 0 aliphatic carbocycles. The van der Waals surface area contributed by atoms with E-state index < -0.39 is 0 Å². The van der Waals surface area contributed by atoms with Gasteiger partial charge in [-0.15, -0.1) is 0 Å². The largest absolute Gasteiger partial charge is 0.353 e. The highest BCUT2D eigenvalue weighted by Gasteiger charge is 2.28. The summed E-state index contributed by atoms with van der Waals surface area (Å²) in [5.74, 6) is 1.27. The number of fused-ring (bicyclic) bond motifs is 1. The van der Waals surface area contributed by atoms with Crippen LogP contribution in [0.2, 0.25) is 0 Å². The average Bonchev–Trinajstić information content (AvgIpc) is 3.28. The first-order valence-electron chi connectivity index (χ1n) is 13.2. The zero-order valence-corrected chi connectivity index (χ0v) is 21.4. The summed E-state index contributed by atoms with van der Waals surface area (Å²) in [6.45, 7) is 6.76. The molecule has 1 aliphatic rings. The number of benzene rings is 3. The van der Waals surface area contributed by atoms with Crippen LogP contribution in [-0.2, 0) is 17.8 Å². The van der Waals surface area contributed by atoms with Crippen LogP contribution in [0, 0.1) is 12.8 Å². The number of hydrogen-bond acceptors (Lipinski definition) is 3. The van der Waals surface area contributed by atoms with Gasteiger partial charge in [0, 0.05) is 25.0 Å². The van der Waals surface area contributed by atoms with E-state index in [4.69, 9.17) is 4.98 Å². The lowest BCUT2D eigenvalue weighted by atomic mass is 9.95. The van der Waals surface area contributed by atoms with Gasteiger partial charge in [-0.25, -0.2) is 4.98 Å². The van der Waals surface area contributed by atoms with Crippen LogP contribution in [0.15, 0.2) is 78.9 Å². The zero-order chi connectivity index (χ0) is 24.9. The summed E-state index contributed by atoms with van der Waals surface area (Å²) in [4.78, 5) is 20.4. The molecule has 1 fully saturated rings. The van der Waals surface area contributed by atoms with Gasteiger partial charge >= 0.3 is 0 Å². The second-order valence-corrected chi connectivity index (χ2v) is 10.1. The Kier molecular flexibility index (Phi) is 7.36. The van der Waals surface area contributed by atoms with Crippen molar-refractivity contribution < 1.29 is 4.79 Å². The molecular formula is C31H36N4O. The summed E-state index contributed by atoms with van der Waals surface area (Å²) in [6.07, 6.45) is 3.64. The minimum absolute atomic E-state index is 0.0645. The fourth-order valence-corrected chi connectivity index (χ4v) is 5.22. The number of nitrogens with zero attached hydrogens (tertiary/aromatic N) is 3. The Labute approximate surface area is 214 Å². The van der Waals surface area contributed by atoms with Gasteiger partial charge < -0.3 is 14.8 Å². The number of piperidine rings is 1. The maximum atomic E-state index is 13.0. The summed E-state index contributed by atoms with van der Waals surface area (Å²) >= 11 is 0. The smallest absolute Gasteiger partial charge is 0.223 e. The fourth-order valence-electron chi connectivity index (χ4n) is 5.22. The summed E-state index contributed by atoms with van der Waals surface area (Å²) in [6, 6.07) is 27.6. The van der Waals surface area contributed by atoms with Crippen molar-refractivity contribution in [1.29, 1.82) is 0 Å². The Morgan fingerprint density at radius 2 is 1.67 bits per heavy atom. The summed E-state index contributed by atoms with van der Waals surface area (Å²) in [5.41, 5.74) is 6.09. The van der Waals surface area contributed by atoms with Crippen molar-refractivity contribution in [3.05, 3.63) is 95.6 Å². The van der Waals surface area contributed by atoms with Crippen molar-refractivity contribution in [1.82, 2.24) is 14.9 Å². The van der Waals surface area contributed by atoms with Crippen LogP contribution >= 0.6 is 0 Å². The van der Waals surface area contributed by atoms with E-state index >= 15 is 0 Å². The molecule has 2 heterocycles. The van der Waals surface area contributed by atoms with E-state index in [1.165, 1.54) is 16.7 Å². The third-order valence-electron chi connectivity index (χ3n) is 7.47. The van der Waals surface area contributed by atoms with Crippen molar-refractivity contribution >= 4 is 22.9 Å². The van der Waals surface area contributed by atoms with Gasteiger partial charge in [-0.05, 0) is 68.4 Å². The third-order valence-corrected chi connectivity index (χ3v) is 7.47. The lowest BCUT2D eigenvalue weighted by molar-refractivity contribution is -0.126. The van der Waals surface area contributed by atoms with Crippen LogP contribution in [0.1, 0.15) is 42.9 Å². The number of amides is 1. The van der Waals surface area contributed by atoms with E-state index in [9.17, 15) is 4.79 Å². The molecule has 0 bridgehead atoms. The maximum Gasteiger partial charge on any atom is 0.223 e. The molecule has 36 heavy (non-hydrogen) atoms. The summed E-state index contributed by atoms with van der Waals surface area (Å²) < 4.78 is 2.34. The van der Waals surface area contributed by atoms with E-state index in [-0.39, 0.29) is 17.9 Å². The molecule has 1 N–H and O–H groups in total. The van der Waals surface area contributed by atoms with Crippen molar-refractivity contribution in [2.45, 2.75) is 52.1 Å². The molecule has 5 heteroatoms. The minimum atomic E-state index is 0.0645. The molecule has 0 radical (unpaired) electrons. The van der Waals surface area contributed by atoms with Crippen molar-refractivity contribution in [2.75, 3.05) is 18.0 Å². The molecule has 5 rings (SSSR count). The molecule has 1 atom stereocenters.